The first-order valence-corrected chi connectivity index (χ1v) is 4.68. The lowest BCUT2D eigenvalue weighted by Crippen LogP contribution is -2.17. The van der Waals surface area contributed by atoms with Crippen LogP contribution in [0.4, 0.5) is 0 Å². The molecule has 0 radical (unpaired) electrons. The molecule has 1 N–H and O–H groups in total. The van der Waals surface area contributed by atoms with E-state index in [-0.39, 0.29) is 17.4 Å². The number of carbonyl (C=O) groups excluding carboxylic acids is 1. The maximum Gasteiger partial charge on any atom is 0.298 e. The predicted octanol–water partition coefficient (Wildman–Crippen LogP) is 1.20. The van der Waals surface area contributed by atoms with Gasteiger partial charge in [0.1, 0.15) is 18.6 Å². The summed E-state index contributed by atoms with van der Waals surface area (Å²) in [6.45, 7) is 0.298. The molecule has 0 spiro atoms. The Labute approximate surface area is 98.3 Å². The van der Waals surface area contributed by atoms with E-state index in [1.165, 1.54) is 14.2 Å². The van der Waals surface area contributed by atoms with Gasteiger partial charge in [-0.1, -0.05) is 12.1 Å². The van der Waals surface area contributed by atoms with Crippen molar-refractivity contribution in [1.29, 1.82) is 5.41 Å². The summed E-state index contributed by atoms with van der Waals surface area (Å²) in [6, 6.07) is 6.58. The molecule has 0 unspecified atom stereocenters. The van der Waals surface area contributed by atoms with Gasteiger partial charge in [-0.15, -0.1) is 0 Å². The Hall–Kier alpha value is -2.37. The number of benzene rings is 1. The number of para-hydroxylation sites is 1. The Kier molecular flexibility index (Phi) is 4.68. The summed E-state index contributed by atoms with van der Waals surface area (Å²) in [5.74, 6) is 0.253. The van der Waals surface area contributed by atoms with Gasteiger partial charge in [0.15, 0.2) is 0 Å². The average Bonchev–Trinajstić information content (AvgIpc) is 2.36. The lowest BCUT2D eigenvalue weighted by molar-refractivity contribution is -0.120. The highest BCUT2D eigenvalue weighted by atomic mass is 16.6. The molecule has 0 aromatic heterocycles. The highest BCUT2D eigenvalue weighted by Gasteiger charge is 2.15. The average molecular weight is 236 g/mol. The van der Waals surface area contributed by atoms with Crippen LogP contribution in [0.3, 0.4) is 0 Å². The van der Waals surface area contributed by atoms with Crippen LogP contribution in [0.2, 0.25) is 0 Å². The van der Waals surface area contributed by atoms with Gasteiger partial charge >= 0.3 is 0 Å². The summed E-state index contributed by atoms with van der Waals surface area (Å²) in [5, 5.41) is 11.4. The van der Waals surface area contributed by atoms with Gasteiger partial charge in [-0.25, -0.2) is 0 Å². The summed E-state index contributed by atoms with van der Waals surface area (Å²) < 4.78 is 9.65. The number of hydrogen-bond donors (Lipinski definition) is 1. The molecule has 0 saturated heterocycles. The highest BCUT2D eigenvalue weighted by molar-refractivity contribution is 6.44. The van der Waals surface area contributed by atoms with Crippen molar-refractivity contribution in [3.8, 4) is 5.75 Å². The Morgan fingerprint density at radius 3 is 2.65 bits per heavy atom. The highest BCUT2D eigenvalue weighted by Crippen LogP contribution is 2.18. The van der Waals surface area contributed by atoms with Gasteiger partial charge in [0, 0.05) is 5.56 Å². The van der Waals surface area contributed by atoms with Gasteiger partial charge in [-0.2, -0.15) is 0 Å². The van der Waals surface area contributed by atoms with Crippen molar-refractivity contribution in [2.75, 3.05) is 14.2 Å². The van der Waals surface area contributed by atoms with E-state index in [0.717, 1.165) is 0 Å². The zero-order valence-electron chi connectivity index (χ0n) is 9.47. The van der Waals surface area contributed by atoms with E-state index in [0.29, 0.717) is 12.0 Å². The first-order valence-electron chi connectivity index (χ1n) is 4.68. The van der Waals surface area contributed by atoms with Crippen molar-refractivity contribution in [2.24, 2.45) is 5.16 Å². The molecular formula is C11H12N2O4. The van der Waals surface area contributed by atoms with E-state index in [4.69, 9.17) is 14.9 Å². The van der Waals surface area contributed by atoms with Crippen molar-refractivity contribution >= 4 is 18.1 Å². The molecule has 0 amide bonds. The van der Waals surface area contributed by atoms with Crippen molar-refractivity contribution in [1.82, 2.24) is 0 Å². The first kappa shape index (κ1) is 12.7. The van der Waals surface area contributed by atoms with Crippen LogP contribution >= 0.6 is 0 Å². The predicted molar refractivity (Wildman–Crippen MR) is 61.4 cm³/mol. The minimum atomic E-state index is -0.0354. The summed E-state index contributed by atoms with van der Waals surface area (Å²) in [7, 11) is 2.72. The van der Waals surface area contributed by atoms with Gasteiger partial charge in [0.2, 0.25) is 0 Å². The molecule has 1 rings (SSSR count). The third-order valence-electron chi connectivity index (χ3n) is 1.91. The van der Waals surface area contributed by atoms with Gasteiger partial charge in [0.25, 0.3) is 12.4 Å². The first-order chi connectivity index (χ1) is 8.24. The topological polar surface area (TPSA) is 81.0 Å². The fourth-order valence-electron chi connectivity index (χ4n) is 1.21. The smallest absolute Gasteiger partial charge is 0.298 e. The molecule has 0 heterocycles. The van der Waals surface area contributed by atoms with E-state index < -0.39 is 0 Å². The second-order valence-electron chi connectivity index (χ2n) is 2.87. The van der Waals surface area contributed by atoms with E-state index >= 15 is 0 Å². The van der Waals surface area contributed by atoms with Crippen LogP contribution in [0, 0.1) is 5.41 Å². The van der Waals surface area contributed by atoms with Crippen LogP contribution in [0.5, 0.6) is 5.75 Å². The summed E-state index contributed by atoms with van der Waals surface area (Å²) >= 11 is 0. The number of ether oxygens (including phenoxy) is 2. The van der Waals surface area contributed by atoms with Crippen LogP contribution in [-0.2, 0) is 14.4 Å². The van der Waals surface area contributed by atoms with Crippen LogP contribution in [0.25, 0.3) is 0 Å². The van der Waals surface area contributed by atoms with Gasteiger partial charge in [-0.05, 0) is 17.3 Å². The monoisotopic (exact) mass is 236 g/mol. The van der Waals surface area contributed by atoms with E-state index in [2.05, 4.69) is 9.99 Å². The maximum atomic E-state index is 10.3. The number of nitrogens with one attached hydrogen (secondary N) is 1. The van der Waals surface area contributed by atoms with Gasteiger partial charge < -0.3 is 14.3 Å². The SMILES string of the molecule is CO/N=C(\OC)C(=N)c1ccccc1OC=O. The molecule has 17 heavy (non-hydrogen) atoms. The number of nitrogens with zero attached hydrogens (tertiary/aromatic N) is 1. The molecule has 0 atom stereocenters. The van der Waals surface area contributed by atoms with Crippen molar-refractivity contribution in [3.63, 3.8) is 0 Å². The largest absolute Gasteiger partial charge is 0.477 e. The second-order valence-corrected chi connectivity index (χ2v) is 2.87. The Balaban J connectivity index is 3.10. The molecule has 6 nitrogen and oxygen atoms in total. The minimum absolute atomic E-state index is 0.00514. The minimum Gasteiger partial charge on any atom is -0.477 e. The molecule has 0 bridgehead atoms. The Morgan fingerprint density at radius 2 is 2.06 bits per heavy atom. The molecule has 0 aliphatic carbocycles. The molecule has 0 aliphatic rings. The fraction of sp³-hybridized carbons (Fsp3) is 0.182. The number of carbonyl (C=O) groups is 1. The fourth-order valence-corrected chi connectivity index (χ4v) is 1.21. The normalized spacial score (nSPS) is 10.6. The second kappa shape index (κ2) is 6.26. The molecule has 1 aromatic rings. The lowest BCUT2D eigenvalue weighted by atomic mass is 10.1. The number of hydrogen-bond acceptors (Lipinski definition) is 6. The van der Waals surface area contributed by atoms with Gasteiger partial charge in [0.05, 0.1) is 7.11 Å². The molecular weight excluding hydrogens is 224 g/mol. The van der Waals surface area contributed by atoms with Crippen molar-refractivity contribution < 1.29 is 19.1 Å². The quantitative estimate of drug-likeness (QED) is 0.360. The standard InChI is InChI=1S/C11H12N2O4/c1-15-11(13-16-2)10(12)8-5-3-4-6-9(8)17-7-14/h3-7,12H,1-2H3/b12-10?,13-11-. The number of oxime groups is 1. The molecule has 0 aliphatic heterocycles. The summed E-state index contributed by atoms with van der Waals surface area (Å²) in [4.78, 5) is 14.9. The van der Waals surface area contributed by atoms with Gasteiger partial charge in [-0.3, -0.25) is 10.2 Å². The molecule has 1 aromatic carbocycles. The Morgan fingerprint density at radius 1 is 1.35 bits per heavy atom. The van der Waals surface area contributed by atoms with Crippen LogP contribution < -0.4 is 4.74 Å². The zero-order valence-corrected chi connectivity index (χ0v) is 9.47. The summed E-state index contributed by atoms with van der Waals surface area (Å²) in [6.07, 6.45) is 0. The molecule has 0 fully saturated rings. The van der Waals surface area contributed by atoms with Crippen molar-refractivity contribution in [3.05, 3.63) is 29.8 Å². The van der Waals surface area contributed by atoms with E-state index in [1.807, 2.05) is 0 Å². The third-order valence-corrected chi connectivity index (χ3v) is 1.91. The molecule has 6 heteroatoms. The lowest BCUT2D eigenvalue weighted by Gasteiger charge is -2.09. The van der Waals surface area contributed by atoms with E-state index in [9.17, 15) is 4.79 Å². The van der Waals surface area contributed by atoms with Crippen molar-refractivity contribution in [2.45, 2.75) is 0 Å². The number of rotatable bonds is 5. The maximum absolute atomic E-state index is 10.3. The molecule has 90 valence electrons. The van der Waals surface area contributed by atoms with Crippen LogP contribution in [0.1, 0.15) is 5.56 Å². The molecule has 0 saturated carbocycles. The summed E-state index contributed by atoms with van der Waals surface area (Å²) in [5.41, 5.74) is 0.351. The zero-order chi connectivity index (χ0) is 12.7. The van der Waals surface area contributed by atoms with E-state index in [1.54, 1.807) is 24.3 Å². The Bertz CT molecular complexity index is 443. The third kappa shape index (κ3) is 3.04. The van der Waals surface area contributed by atoms with Crippen LogP contribution in [-0.4, -0.2) is 32.3 Å². The number of methoxy groups -OCH3 is 1. The van der Waals surface area contributed by atoms with Crippen LogP contribution in [0.15, 0.2) is 29.4 Å².